The predicted octanol–water partition coefficient (Wildman–Crippen LogP) is 1.07. The highest BCUT2D eigenvalue weighted by Crippen LogP contribution is 2.32. The molecule has 1 saturated heterocycles. The molecule has 3 rings (SSSR count). The Balaban J connectivity index is 1.89. The van der Waals surface area contributed by atoms with Crippen molar-refractivity contribution in [2.24, 2.45) is 0 Å². The Labute approximate surface area is 118 Å². The summed E-state index contributed by atoms with van der Waals surface area (Å²) in [5.74, 6) is 1.25. The van der Waals surface area contributed by atoms with Crippen LogP contribution in [0.3, 0.4) is 0 Å². The van der Waals surface area contributed by atoms with Gasteiger partial charge in [0.25, 0.3) is 0 Å². The van der Waals surface area contributed by atoms with Crippen molar-refractivity contribution in [2.75, 3.05) is 37.0 Å². The largest absolute Gasteiger partial charge is 0.467 e. The molecule has 1 N–H and O–H groups in total. The van der Waals surface area contributed by atoms with Gasteiger partial charge in [0.15, 0.2) is 0 Å². The highest BCUT2D eigenvalue weighted by atomic mass is 16.5. The zero-order chi connectivity index (χ0) is 13.9. The van der Waals surface area contributed by atoms with Crippen LogP contribution in [0.15, 0.2) is 0 Å². The van der Waals surface area contributed by atoms with Crippen LogP contribution in [0, 0.1) is 0 Å². The van der Waals surface area contributed by atoms with Gasteiger partial charge in [0.1, 0.15) is 0 Å². The fourth-order valence-corrected chi connectivity index (χ4v) is 2.98. The van der Waals surface area contributed by atoms with Gasteiger partial charge >= 0.3 is 6.01 Å². The Hall–Kier alpha value is -1.63. The van der Waals surface area contributed by atoms with E-state index in [0.29, 0.717) is 30.1 Å². The molecule has 0 aromatic carbocycles. The monoisotopic (exact) mass is 279 g/mol. The Bertz CT molecular complexity index is 470. The number of methoxy groups -OCH3 is 1. The molecule has 0 spiro atoms. The fourth-order valence-electron chi connectivity index (χ4n) is 2.98. The van der Waals surface area contributed by atoms with Crippen LogP contribution >= 0.6 is 0 Å². The molecule has 7 heteroatoms. The normalized spacial score (nSPS) is 25.4. The number of fused-ring (bicyclic) bond motifs is 1. The lowest BCUT2D eigenvalue weighted by Crippen LogP contribution is -2.49. The number of aromatic nitrogens is 3. The van der Waals surface area contributed by atoms with E-state index in [4.69, 9.17) is 9.47 Å². The smallest absolute Gasteiger partial charge is 0.322 e. The van der Waals surface area contributed by atoms with E-state index in [-0.39, 0.29) is 0 Å². The molecule has 0 amide bonds. The molecule has 2 unspecified atom stereocenters. The van der Waals surface area contributed by atoms with Crippen molar-refractivity contribution in [1.29, 1.82) is 0 Å². The molecule has 2 heterocycles. The van der Waals surface area contributed by atoms with Gasteiger partial charge in [0, 0.05) is 13.1 Å². The molecule has 1 aromatic rings. The molecule has 1 aromatic heterocycles. The minimum Gasteiger partial charge on any atom is -0.467 e. The molecule has 7 nitrogen and oxygen atoms in total. The summed E-state index contributed by atoms with van der Waals surface area (Å²) in [6.45, 7) is 4.32. The van der Waals surface area contributed by atoms with Crippen LogP contribution in [0.25, 0.3) is 0 Å². The summed E-state index contributed by atoms with van der Waals surface area (Å²) in [4.78, 5) is 15.4. The van der Waals surface area contributed by atoms with Crippen LogP contribution in [-0.2, 0) is 4.74 Å². The quantitative estimate of drug-likeness (QED) is 0.883. The van der Waals surface area contributed by atoms with Crippen LogP contribution in [-0.4, -0.2) is 53.9 Å². The number of nitrogens with zero attached hydrogens (tertiary/aromatic N) is 4. The maximum absolute atomic E-state index is 5.83. The van der Waals surface area contributed by atoms with E-state index in [1.807, 2.05) is 6.92 Å². The third kappa shape index (κ3) is 2.49. The van der Waals surface area contributed by atoms with Crippen molar-refractivity contribution in [2.45, 2.75) is 38.3 Å². The first kappa shape index (κ1) is 13.4. The summed E-state index contributed by atoms with van der Waals surface area (Å²) >= 11 is 0. The van der Waals surface area contributed by atoms with Crippen LogP contribution in [0.1, 0.15) is 26.2 Å². The lowest BCUT2D eigenvalue weighted by atomic mass is 10.1. The van der Waals surface area contributed by atoms with Crippen molar-refractivity contribution in [3.05, 3.63) is 0 Å². The van der Waals surface area contributed by atoms with Crippen LogP contribution < -0.4 is 15.0 Å². The average Bonchev–Trinajstić information content (AvgIpc) is 2.95. The van der Waals surface area contributed by atoms with Gasteiger partial charge < -0.3 is 19.7 Å². The minimum atomic E-state index is 0.314. The van der Waals surface area contributed by atoms with E-state index in [9.17, 15) is 0 Å². The molecular weight excluding hydrogens is 258 g/mol. The number of hydrogen-bond donors (Lipinski definition) is 1. The number of morpholine rings is 1. The molecule has 110 valence electrons. The second-order valence-electron chi connectivity index (χ2n) is 5.08. The number of ether oxygens (including phenoxy) is 2. The van der Waals surface area contributed by atoms with E-state index in [0.717, 1.165) is 32.5 Å². The summed E-state index contributed by atoms with van der Waals surface area (Å²) in [7, 11) is 1.58. The van der Waals surface area contributed by atoms with Gasteiger partial charge in [0.05, 0.1) is 25.9 Å². The van der Waals surface area contributed by atoms with Crippen molar-refractivity contribution < 1.29 is 9.47 Å². The summed E-state index contributed by atoms with van der Waals surface area (Å²) < 4.78 is 11.0. The molecule has 2 fully saturated rings. The SMILES string of the molecule is CCNc1nc(OC)nc(N2CCOC3CCCC32)n1. The maximum atomic E-state index is 5.83. The summed E-state index contributed by atoms with van der Waals surface area (Å²) in [6, 6.07) is 0.734. The Morgan fingerprint density at radius 3 is 3.05 bits per heavy atom. The van der Waals surface area contributed by atoms with Crippen molar-refractivity contribution in [1.82, 2.24) is 15.0 Å². The summed E-state index contributed by atoms with van der Waals surface area (Å²) in [6.07, 6.45) is 3.78. The Morgan fingerprint density at radius 2 is 2.25 bits per heavy atom. The zero-order valence-electron chi connectivity index (χ0n) is 12.0. The van der Waals surface area contributed by atoms with Gasteiger partial charge in [0.2, 0.25) is 11.9 Å². The number of nitrogens with one attached hydrogen (secondary N) is 1. The highest BCUT2D eigenvalue weighted by molar-refractivity contribution is 5.40. The summed E-state index contributed by atoms with van der Waals surface area (Å²) in [5, 5.41) is 3.12. The number of hydrogen-bond acceptors (Lipinski definition) is 7. The van der Waals surface area contributed by atoms with E-state index >= 15 is 0 Å². The first-order valence-electron chi connectivity index (χ1n) is 7.24. The number of anilines is 2. The van der Waals surface area contributed by atoms with Crippen molar-refractivity contribution >= 4 is 11.9 Å². The molecular formula is C13H21N5O2. The molecule has 2 atom stereocenters. The zero-order valence-corrected chi connectivity index (χ0v) is 12.0. The topological polar surface area (TPSA) is 72.4 Å². The van der Waals surface area contributed by atoms with E-state index in [1.165, 1.54) is 6.42 Å². The second-order valence-corrected chi connectivity index (χ2v) is 5.08. The molecule has 0 bridgehead atoms. The van der Waals surface area contributed by atoms with Gasteiger partial charge in [-0.25, -0.2) is 0 Å². The first-order chi connectivity index (χ1) is 9.81. The highest BCUT2D eigenvalue weighted by Gasteiger charge is 2.37. The Kier molecular flexibility index (Phi) is 3.86. The van der Waals surface area contributed by atoms with Crippen LogP contribution in [0.5, 0.6) is 6.01 Å². The molecule has 20 heavy (non-hydrogen) atoms. The van der Waals surface area contributed by atoms with E-state index < -0.39 is 0 Å². The lowest BCUT2D eigenvalue weighted by molar-refractivity contribution is 0.0249. The third-order valence-electron chi connectivity index (χ3n) is 3.86. The van der Waals surface area contributed by atoms with Crippen LogP contribution in [0.4, 0.5) is 11.9 Å². The molecule has 1 saturated carbocycles. The van der Waals surface area contributed by atoms with Gasteiger partial charge in [-0.2, -0.15) is 15.0 Å². The van der Waals surface area contributed by atoms with E-state index in [1.54, 1.807) is 7.11 Å². The van der Waals surface area contributed by atoms with Gasteiger partial charge in [-0.05, 0) is 26.2 Å². The van der Waals surface area contributed by atoms with Crippen molar-refractivity contribution in [3.63, 3.8) is 0 Å². The van der Waals surface area contributed by atoms with Crippen LogP contribution in [0.2, 0.25) is 0 Å². The lowest BCUT2D eigenvalue weighted by Gasteiger charge is -2.37. The Morgan fingerprint density at radius 1 is 1.35 bits per heavy atom. The standard InChI is InChI=1S/C13H21N5O2/c1-3-14-11-15-12(17-13(16-11)19-2)18-7-8-20-10-6-4-5-9(10)18/h9-10H,3-8H2,1-2H3,(H,14,15,16,17). The third-order valence-corrected chi connectivity index (χ3v) is 3.86. The molecule has 2 aliphatic rings. The summed E-state index contributed by atoms with van der Waals surface area (Å²) in [5.41, 5.74) is 0. The average molecular weight is 279 g/mol. The molecule has 1 aliphatic heterocycles. The fraction of sp³-hybridized carbons (Fsp3) is 0.769. The minimum absolute atomic E-state index is 0.314. The molecule has 1 aliphatic carbocycles. The predicted molar refractivity (Wildman–Crippen MR) is 75.3 cm³/mol. The van der Waals surface area contributed by atoms with Gasteiger partial charge in [-0.3, -0.25) is 0 Å². The van der Waals surface area contributed by atoms with Crippen molar-refractivity contribution in [3.8, 4) is 6.01 Å². The maximum Gasteiger partial charge on any atom is 0.322 e. The second kappa shape index (κ2) is 5.78. The first-order valence-corrected chi connectivity index (χ1v) is 7.24. The number of rotatable bonds is 4. The van der Waals surface area contributed by atoms with Gasteiger partial charge in [-0.1, -0.05) is 0 Å². The van der Waals surface area contributed by atoms with E-state index in [2.05, 4.69) is 25.2 Å². The molecule has 0 radical (unpaired) electrons. The van der Waals surface area contributed by atoms with Gasteiger partial charge in [-0.15, -0.1) is 0 Å².